The van der Waals surface area contributed by atoms with Crippen LogP contribution in [0.5, 0.6) is 0 Å². The fraction of sp³-hybridized carbons (Fsp3) is 0.100. The summed E-state index contributed by atoms with van der Waals surface area (Å²) in [4.78, 5) is 3.66. The van der Waals surface area contributed by atoms with Crippen LogP contribution in [-0.4, -0.2) is 7.05 Å². The van der Waals surface area contributed by atoms with Crippen LogP contribution in [0.15, 0.2) is 70.6 Å². The van der Waals surface area contributed by atoms with Gasteiger partial charge in [-0.15, -0.1) is 0 Å². The molecular formula is C20H17NS. The van der Waals surface area contributed by atoms with E-state index in [1.54, 1.807) is 0 Å². The monoisotopic (exact) mass is 303 g/mol. The molecule has 0 aliphatic carbocycles. The lowest BCUT2D eigenvalue weighted by atomic mass is 10.0. The topological polar surface area (TPSA) is 3.24 Å². The minimum absolute atomic E-state index is 1.24. The Hall–Kier alpha value is -2.19. The average Bonchev–Trinajstić information content (AvgIpc) is 2.85. The molecule has 3 aromatic carbocycles. The maximum Gasteiger partial charge on any atom is 0.0804 e. The molecule has 0 bridgehead atoms. The Labute approximate surface area is 135 Å². The predicted octanol–water partition coefficient (Wildman–Crippen LogP) is 5.69. The molecule has 1 aliphatic heterocycles. The maximum absolute atomic E-state index is 2.31. The number of hydrogen-bond donors (Lipinski definition) is 0. The van der Waals surface area contributed by atoms with E-state index in [0.29, 0.717) is 0 Å². The van der Waals surface area contributed by atoms with Crippen LogP contribution in [0.1, 0.15) is 11.1 Å². The van der Waals surface area contributed by atoms with Gasteiger partial charge >= 0.3 is 0 Å². The standard InChI is InChI=1S/C20H17NS/c1-14-17-11-7-6-10-16(17)13-18-20(14)21(2)19(22-18)12-15-8-4-3-5-9-15/h3-13H,1-2H3. The molecule has 2 heteroatoms. The number of aryl methyl sites for hydroxylation is 1. The average molecular weight is 303 g/mol. The molecule has 1 aliphatic rings. The summed E-state index contributed by atoms with van der Waals surface area (Å²) in [6.07, 6.45) is 2.26. The van der Waals surface area contributed by atoms with Crippen LogP contribution in [0.25, 0.3) is 16.8 Å². The third-order valence-corrected chi connectivity index (χ3v) is 5.34. The SMILES string of the molecule is Cc1c2c(cc3ccccc13)SC(=Cc1ccccc1)N2C. The lowest BCUT2D eigenvalue weighted by molar-refractivity contribution is 1.17. The van der Waals surface area contributed by atoms with Crippen molar-refractivity contribution in [1.82, 2.24) is 0 Å². The molecule has 0 spiro atoms. The molecule has 1 nitrogen and oxygen atoms in total. The van der Waals surface area contributed by atoms with Gasteiger partial charge in [0.1, 0.15) is 0 Å². The Kier molecular flexibility index (Phi) is 3.20. The van der Waals surface area contributed by atoms with Gasteiger partial charge in [-0.05, 0) is 41.0 Å². The number of thioether (sulfide) groups is 1. The third kappa shape index (κ3) is 2.11. The van der Waals surface area contributed by atoms with Crippen LogP contribution in [0, 0.1) is 6.92 Å². The predicted molar refractivity (Wildman–Crippen MR) is 97.4 cm³/mol. The molecule has 3 aromatic rings. The largest absolute Gasteiger partial charge is 0.338 e. The van der Waals surface area contributed by atoms with E-state index in [4.69, 9.17) is 0 Å². The van der Waals surface area contributed by atoms with Gasteiger partial charge in [0.05, 0.1) is 10.7 Å². The first kappa shape index (κ1) is 13.5. The van der Waals surface area contributed by atoms with Crippen LogP contribution in [0.4, 0.5) is 5.69 Å². The minimum Gasteiger partial charge on any atom is -0.338 e. The highest BCUT2D eigenvalue weighted by Crippen LogP contribution is 2.49. The first-order valence-corrected chi connectivity index (χ1v) is 8.26. The molecule has 0 fully saturated rings. The molecule has 0 amide bonds. The number of hydrogen-bond acceptors (Lipinski definition) is 2. The Morgan fingerprint density at radius 2 is 1.68 bits per heavy atom. The fourth-order valence-electron chi connectivity index (χ4n) is 3.09. The van der Waals surface area contributed by atoms with Crippen LogP contribution >= 0.6 is 11.8 Å². The summed E-state index contributed by atoms with van der Waals surface area (Å²) >= 11 is 1.86. The maximum atomic E-state index is 2.31. The third-order valence-electron chi connectivity index (χ3n) is 4.21. The van der Waals surface area contributed by atoms with Gasteiger partial charge in [0, 0.05) is 11.9 Å². The molecule has 22 heavy (non-hydrogen) atoms. The quantitative estimate of drug-likeness (QED) is 0.568. The molecule has 0 saturated carbocycles. The van der Waals surface area contributed by atoms with Gasteiger partial charge in [-0.25, -0.2) is 0 Å². The van der Waals surface area contributed by atoms with Crippen molar-refractivity contribution in [3.63, 3.8) is 0 Å². The summed E-state index contributed by atoms with van der Waals surface area (Å²) in [7, 11) is 2.16. The Bertz CT molecular complexity index is 881. The van der Waals surface area contributed by atoms with Crippen molar-refractivity contribution in [3.8, 4) is 0 Å². The number of nitrogens with zero attached hydrogens (tertiary/aromatic N) is 1. The normalized spacial score (nSPS) is 15.5. The molecule has 1 heterocycles. The van der Waals surface area contributed by atoms with Crippen molar-refractivity contribution in [2.24, 2.45) is 0 Å². The van der Waals surface area contributed by atoms with Crippen LogP contribution in [-0.2, 0) is 0 Å². The number of rotatable bonds is 1. The molecule has 0 unspecified atom stereocenters. The molecule has 0 radical (unpaired) electrons. The number of fused-ring (bicyclic) bond motifs is 2. The van der Waals surface area contributed by atoms with E-state index < -0.39 is 0 Å². The van der Waals surface area contributed by atoms with Crippen LogP contribution in [0.3, 0.4) is 0 Å². The fourth-order valence-corrected chi connectivity index (χ4v) is 4.31. The number of anilines is 1. The van der Waals surface area contributed by atoms with E-state index >= 15 is 0 Å². The Balaban J connectivity index is 1.85. The second-order valence-corrected chi connectivity index (χ2v) is 6.69. The summed E-state index contributed by atoms with van der Waals surface area (Å²) in [5.74, 6) is 0. The molecule has 4 rings (SSSR count). The van der Waals surface area contributed by atoms with Gasteiger partial charge < -0.3 is 4.90 Å². The minimum atomic E-state index is 1.24. The first-order chi connectivity index (χ1) is 10.7. The summed E-state index contributed by atoms with van der Waals surface area (Å²) in [6, 6.07) is 21.5. The van der Waals surface area contributed by atoms with Crippen LogP contribution < -0.4 is 4.90 Å². The zero-order chi connectivity index (χ0) is 15.1. The van der Waals surface area contributed by atoms with Gasteiger partial charge in [0.15, 0.2) is 0 Å². The number of benzene rings is 3. The lowest BCUT2D eigenvalue weighted by Crippen LogP contribution is -2.10. The van der Waals surface area contributed by atoms with Crippen molar-refractivity contribution < 1.29 is 0 Å². The van der Waals surface area contributed by atoms with Crippen molar-refractivity contribution in [1.29, 1.82) is 0 Å². The molecule has 0 saturated heterocycles. The molecule has 0 N–H and O–H groups in total. The summed E-state index contributed by atoms with van der Waals surface area (Å²) in [5.41, 5.74) is 3.94. The Morgan fingerprint density at radius 3 is 2.50 bits per heavy atom. The van der Waals surface area contributed by atoms with Gasteiger partial charge in [-0.1, -0.05) is 66.4 Å². The Morgan fingerprint density at radius 1 is 0.955 bits per heavy atom. The van der Waals surface area contributed by atoms with Crippen molar-refractivity contribution in [2.45, 2.75) is 11.8 Å². The highest BCUT2D eigenvalue weighted by molar-refractivity contribution is 8.03. The molecule has 0 aromatic heterocycles. The summed E-state index contributed by atoms with van der Waals surface area (Å²) < 4.78 is 0. The van der Waals surface area contributed by atoms with Gasteiger partial charge in [-0.2, -0.15) is 0 Å². The van der Waals surface area contributed by atoms with Crippen LogP contribution in [0.2, 0.25) is 0 Å². The van der Waals surface area contributed by atoms with Gasteiger partial charge in [0.2, 0.25) is 0 Å². The van der Waals surface area contributed by atoms with E-state index in [2.05, 4.69) is 85.6 Å². The second-order valence-electron chi connectivity index (χ2n) is 5.62. The first-order valence-electron chi connectivity index (χ1n) is 7.45. The van der Waals surface area contributed by atoms with E-state index in [0.717, 1.165) is 0 Å². The highest BCUT2D eigenvalue weighted by atomic mass is 32.2. The highest BCUT2D eigenvalue weighted by Gasteiger charge is 2.25. The molecule has 0 atom stereocenters. The zero-order valence-corrected chi connectivity index (χ0v) is 13.5. The van der Waals surface area contributed by atoms with Gasteiger partial charge in [0.25, 0.3) is 0 Å². The zero-order valence-electron chi connectivity index (χ0n) is 12.7. The van der Waals surface area contributed by atoms with E-state index in [-0.39, 0.29) is 0 Å². The lowest BCUT2D eigenvalue weighted by Gasteiger charge is -2.17. The summed E-state index contributed by atoms with van der Waals surface area (Å²) in [5, 5.41) is 3.94. The van der Waals surface area contributed by atoms with Crippen molar-refractivity contribution in [2.75, 3.05) is 11.9 Å². The van der Waals surface area contributed by atoms with E-state index in [1.165, 1.54) is 37.5 Å². The van der Waals surface area contributed by atoms with E-state index in [1.807, 2.05) is 11.8 Å². The smallest absolute Gasteiger partial charge is 0.0804 e. The van der Waals surface area contributed by atoms with Crippen molar-refractivity contribution in [3.05, 3.63) is 76.8 Å². The molecule has 108 valence electrons. The molecular weight excluding hydrogens is 286 g/mol. The van der Waals surface area contributed by atoms with Crippen molar-refractivity contribution >= 4 is 34.3 Å². The second kappa shape index (κ2) is 5.22. The van der Waals surface area contributed by atoms with Gasteiger partial charge in [-0.3, -0.25) is 0 Å². The van der Waals surface area contributed by atoms with E-state index in [9.17, 15) is 0 Å². The summed E-state index contributed by atoms with van der Waals surface area (Å²) in [6.45, 7) is 2.23.